The zero-order valence-corrected chi connectivity index (χ0v) is 17.7. The first-order chi connectivity index (χ1) is 14.0. The van der Waals surface area contributed by atoms with Gasteiger partial charge in [0.1, 0.15) is 11.5 Å². The molecule has 148 valence electrons. The van der Waals surface area contributed by atoms with Crippen LogP contribution < -0.4 is 0 Å². The number of hydrogen-bond acceptors (Lipinski definition) is 4. The van der Waals surface area contributed by atoms with Crippen LogP contribution in [0.3, 0.4) is 0 Å². The number of carbonyl (C=O) groups is 1. The van der Waals surface area contributed by atoms with Crippen molar-refractivity contribution in [2.45, 2.75) is 32.2 Å². The number of likely N-dealkylation sites (N-methyl/N-ethyl adjacent to an activating group) is 1. The highest BCUT2D eigenvalue weighted by molar-refractivity contribution is 7.18. The minimum absolute atomic E-state index is 0.0528. The van der Waals surface area contributed by atoms with Crippen LogP contribution in [0, 0.1) is 6.92 Å². The normalized spacial score (nSPS) is 13.3. The molecular formula is C24H24N2O2S. The molecule has 0 bridgehead atoms. The lowest BCUT2D eigenvalue weighted by molar-refractivity contribution is -0.136. The molecule has 2 aromatic carbocycles. The average molecular weight is 405 g/mol. The van der Waals surface area contributed by atoms with Crippen molar-refractivity contribution < 1.29 is 9.21 Å². The van der Waals surface area contributed by atoms with Gasteiger partial charge < -0.3 is 9.32 Å². The van der Waals surface area contributed by atoms with Gasteiger partial charge in [0, 0.05) is 13.5 Å². The van der Waals surface area contributed by atoms with Crippen molar-refractivity contribution in [2.24, 2.45) is 0 Å². The fourth-order valence-corrected chi connectivity index (χ4v) is 4.83. The molecule has 4 rings (SSSR count). The summed E-state index contributed by atoms with van der Waals surface area (Å²) in [5, 5.41) is 0.966. The van der Waals surface area contributed by atoms with E-state index in [0.29, 0.717) is 13.0 Å². The van der Waals surface area contributed by atoms with E-state index in [9.17, 15) is 4.79 Å². The summed E-state index contributed by atoms with van der Waals surface area (Å²) in [7, 11) is 1.83. The number of aryl methyl sites for hydroxylation is 1. The van der Waals surface area contributed by atoms with Crippen molar-refractivity contribution >= 4 is 27.5 Å². The topological polar surface area (TPSA) is 46.3 Å². The van der Waals surface area contributed by atoms with Crippen molar-refractivity contribution in [3.8, 4) is 0 Å². The Morgan fingerprint density at radius 2 is 1.79 bits per heavy atom. The summed E-state index contributed by atoms with van der Waals surface area (Å²) in [4.78, 5) is 20.2. The number of fused-ring (bicyclic) bond motifs is 1. The smallest absolute Gasteiger partial charge is 0.233 e. The minimum atomic E-state index is -0.717. The van der Waals surface area contributed by atoms with E-state index in [1.165, 1.54) is 0 Å². The summed E-state index contributed by atoms with van der Waals surface area (Å²) in [5.74, 6) is 1.69. The number of para-hydroxylation sites is 1. The van der Waals surface area contributed by atoms with E-state index in [4.69, 9.17) is 9.40 Å². The van der Waals surface area contributed by atoms with E-state index in [2.05, 4.69) is 6.07 Å². The Morgan fingerprint density at radius 1 is 1.07 bits per heavy atom. The van der Waals surface area contributed by atoms with Gasteiger partial charge in [-0.1, -0.05) is 42.5 Å². The number of benzene rings is 2. The lowest BCUT2D eigenvalue weighted by atomic mass is 9.78. The van der Waals surface area contributed by atoms with Crippen molar-refractivity contribution in [1.82, 2.24) is 9.88 Å². The third kappa shape index (κ3) is 3.96. The lowest BCUT2D eigenvalue weighted by Gasteiger charge is -2.32. The van der Waals surface area contributed by atoms with Crippen LogP contribution in [0.2, 0.25) is 0 Å². The van der Waals surface area contributed by atoms with Crippen LogP contribution in [0.25, 0.3) is 10.2 Å². The number of thiazole rings is 1. The molecule has 5 heteroatoms. The number of aromatic nitrogens is 1. The number of hydrogen-bond donors (Lipinski definition) is 0. The molecule has 4 nitrogen and oxygen atoms in total. The van der Waals surface area contributed by atoms with Crippen molar-refractivity contribution in [2.75, 3.05) is 7.05 Å². The van der Waals surface area contributed by atoms with Gasteiger partial charge in [0.25, 0.3) is 0 Å². The summed E-state index contributed by atoms with van der Waals surface area (Å²) in [6, 6.07) is 21.9. The standard InChI is InChI=1S/C24H24N2O2S/c1-17-13-14-19(28-17)16-26(3)23(27)24(2,18-9-5-4-6-10-18)15-22-25-20-11-7-8-12-21(20)29-22/h4-14H,15-16H2,1-3H3. The molecule has 1 unspecified atom stereocenters. The van der Waals surface area contributed by atoms with Crippen LogP contribution in [0.1, 0.15) is 29.0 Å². The van der Waals surface area contributed by atoms with Crippen molar-refractivity contribution in [3.05, 3.63) is 88.8 Å². The second kappa shape index (κ2) is 7.84. The van der Waals surface area contributed by atoms with Crippen molar-refractivity contribution in [1.29, 1.82) is 0 Å². The van der Waals surface area contributed by atoms with E-state index in [1.54, 1.807) is 16.2 Å². The van der Waals surface area contributed by atoms with Gasteiger partial charge in [-0.2, -0.15) is 0 Å². The van der Waals surface area contributed by atoms with Crippen LogP contribution in [-0.2, 0) is 23.2 Å². The highest BCUT2D eigenvalue weighted by atomic mass is 32.1. The fraction of sp³-hybridized carbons (Fsp3) is 0.250. The molecule has 29 heavy (non-hydrogen) atoms. The summed E-state index contributed by atoms with van der Waals surface area (Å²) in [5.41, 5.74) is 1.26. The summed E-state index contributed by atoms with van der Waals surface area (Å²) in [6.07, 6.45) is 0.552. The largest absolute Gasteiger partial charge is 0.464 e. The van der Waals surface area contributed by atoms with E-state index in [-0.39, 0.29) is 5.91 Å². The number of nitrogens with zero attached hydrogens (tertiary/aromatic N) is 2. The highest BCUT2D eigenvalue weighted by Crippen LogP contribution is 2.33. The molecule has 1 atom stereocenters. The van der Waals surface area contributed by atoms with Gasteiger partial charge in [-0.15, -0.1) is 11.3 Å². The second-order valence-corrected chi connectivity index (χ2v) is 8.74. The molecule has 2 aromatic heterocycles. The van der Waals surface area contributed by atoms with E-state index in [0.717, 1.165) is 32.3 Å². The van der Waals surface area contributed by atoms with Gasteiger partial charge in [0.2, 0.25) is 5.91 Å². The van der Waals surface area contributed by atoms with Gasteiger partial charge in [-0.3, -0.25) is 4.79 Å². The second-order valence-electron chi connectivity index (χ2n) is 7.62. The van der Waals surface area contributed by atoms with Gasteiger partial charge >= 0.3 is 0 Å². The first-order valence-electron chi connectivity index (χ1n) is 9.66. The van der Waals surface area contributed by atoms with Crippen LogP contribution in [0.15, 0.2) is 71.1 Å². The zero-order valence-electron chi connectivity index (χ0n) is 16.9. The molecule has 2 heterocycles. The molecule has 0 N–H and O–H groups in total. The lowest BCUT2D eigenvalue weighted by Crippen LogP contribution is -2.44. The Labute approximate surface area is 174 Å². The van der Waals surface area contributed by atoms with Crippen LogP contribution in [-0.4, -0.2) is 22.8 Å². The van der Waals surface area contributed by atoms with E-state index in [1.807, 2.05) is 81.6 Å². The maximum Gasteiger partial charge on any atom is 0.233 e. The Morgan fingerprint density at radius 3 is 2.48 bits per heavy atom. The van der Waals surface area contributed by atoms with E-state index >= 15 is 0 Å². The van der Waals surface area contributed by atoms with Crippen LogP contribution in [0.4, 0.5) is 0 Å². The highest BCUT2D eigenvalue weighted by Gasteiger charge is 2.38. The molecule has 0 saturated heterocycles. The predicted octanol–water partition coefficient (Wildman–Crippen LogP) is 5.36. The average Bonchev–Trinajstić information content (AvgIpc) is 3.32. The summed E-state index contributed by atoms with van der Waals surface area (Å²) >= 11 is 1.65. The van der Waals surface area contributed by atoms with Gasteiger partial charge in [0.15, 0.2) is 0 Å². The zero-order chi connectivity index (χ0) is 20.4. The minimum Gasteiger partial charge on any atom is -0.464 e. The fourth-order valence-electron chi connectivity index (χ4n) is 3.70. The third-order valence-electron chi connectivity index (χ3n) is 5.26. The molecule has 0 saturated carbocycles. The Kier molecular flexibility index (Phi) is 5.24. The summed E-state index contributed by atoms with van der Waals surface area (Å²) in [6.45, 7) is 4.36. The molecule has 0 aliphatic rings. The Bertz CT molecular complexity index is 1100. The van der Waals surface area contributed by atoms with Gasteiger partial charge in [0.05, 0.1) is 27.2 Å². The molecule has 0 fully saturated rings. The molecular weight excluding hydrogens is 380 g/mol. The first-order valence-corrected chi connectivity index (χ1v) is 10.5. The number of carbonyl (C=O) groups excluding carboxylic acids is 1. The van der Waals surface area contributed by atoms with E-state index < -0.39 is 5.41 Å². The Hall–Kier alpha value is -2.92. The van der Waals surface area contributed by atoms with Gasteiger partial charge in [-0.25, -0.2) is 4.98 Å². The SMILES string of the molecule is Cc1ccc(CN(C)C(=O)C(C)(Cc2nc3ccccc3s2)c2ccccc2)o1. The number of amides is 1. The molecule has 0 spiro atoms. The Balaban J connectivity index is 1.67. The monoisotopic (exact) mass is 404 g/mol. The van der Waals surface area contributed by atoms with Crippen LogP contribution >= 0.6 is 11.3 Å². The maximum absolute atomic E-state index is 13.7. The number of rotatable bonds is 6. The van der Waals surface area contributed by atoms with Crippen molar-refractivity contribution in [3.63, 3.8) is 0 Å². The quantitative estimate of drug-likeness (QED) is 0.435. The van der Waals surface area contributed by atoms with Gasteiger partial charge in [-0.05, 0) is 43.7 Å². The molecule has 0 radical (unpaired) electrons. The molecule has 0 aliphatic heterocycles. The predicted molar refractivity (Wildman–Crippen MR) is 117 cm³/mol. The molecule has 1 amide bonds. The third-order valence-corrected chi connectivity index (χ3v) is 6.30. The molecule has 4 aromatic rings. The van der Waals surface area contributed by atoms with Crippen LogP contribution in [0.5, 0.6) is 0 Å². The first kappa shape index (κ1) is 19.4. The molecule has 0 aliphatic carbocycles. The maximum atomic E-state index is 13.7. The number of furan rings is 1. The summed E-state index contributed by atoms with van der Waals surface area (Å²) < 4.78 is 6.82.